The van der Waals surface area contributed by atoms with Gasteiger partial charge in [0.2, 0.25) is 5.89 Å². The van der Waals surface area contributed by atoms with Crippen molar-refractivity contribution < 1.29 is 4.52 Å². The SMILES string of the molecule is Clc1cc(N2CCC(c3noc(C4CC4)n3)CC2)nc(C2CC2)n1. The monoisotopic (exact) mass is 345 g/mol. The van der Waals surface area contributed by atoms with Gasteiger partial charge in [0.15, 0.2) is 5.82 Å². The summed E-state index contributed by atoms with van der Waals surface area (Å²) in [6.45, 7) is 1.88. The summed E-state index contributed by atoms with van der Waals surface area (Å²) in [7, 11) is 0. The third kappa shape index (κ3) is 2.88. The molecule has 126 valence electrons. The maximum Gasteiger partial charge on any atom is 0.229 e. The van der Waals surface area contributed by atoms with E-state index in [9.17, 15) is 0 Å². The molecular weight excluding hydrogens is 326 g/mol. The number of halogens is 1. The van der Waals surface area contributed by atoms with Gasteiger partial charge in [-0.2, -0.15) is 4.98 Å². The highest BCUT2D eigenvalue weighted by Crippen LogP contribution is 2.41. The molecule has 5 rings (SSSR count). The normalized spacial score (nSPS) is 22.1. The summed E-state index contributed by atoms with van der Waals surface area (Å²) >= 11 is 6.19. The van der Waals surface area contributed by atoms with Crippen molar-refractivity contribution in [1.29, 1.82) is 0 Å². The fraction of sp³-hybridized carbons (Fsp3) is 0.647. The molecule has 0 spiro atoms. The van der Waals surface area contributed by atoms with E-state index in [1.54, 1.807) is 0 Å². The predicted molar refractivity (Wildman–Crippen MR) is 89.5 cm³/mol. The molecule has 2 aromatic rings. The number of aromatic nitrogens is 4. The summed E-state index contributed by atoms with van der Waals surface area (Å²) in [6, 6.07) is 1.88. The van der Waals surface area contributed by atoms with Crippen molar-refractivity contribution in [3.05, 3.63) is 28.8 Å². The minimum Gasteiger partial charge on any atom is -0.356 e. The van der Waals surface area contributed by atoms with Crippen molar-refractivity contribution in [2.75, 3.05) is 18.0 Å². The van der Waals surface area contributed by atoms with Crippen molar-refractivity contribution in [2.24, 2.45) is 0 Å². The topological polar surface area (TPSA) is 67.9 Å². The van der Waals surface area contributed by atoms with E-state index in [0.29, 0.717) is 22.9 Å². The van der Waals surface area contributed by atoms with Gasteiger partial charge in [-0.15, -0.1) is 0 Å². The Hall–Kier alpha value is -1.69. The lowest BCUT2D eigenvalue weighted by Gasteiger charge is -2.31. The van der Waals surface area contributed by atoms with Gasteiger partial charge in [-0.25, -0.2) is 9.97 Å². The van der Waals surface area contributed by atoms with Gasteiger partial charge in [-0.1, -0.05) is 16.8 Å². The van der Waals surface area contributed by atoms with Gasteiger partial charge in [0.25, 0.3) is 0 Å². The fourth-order valence-corrected chi connectivity index (χ4v) is 3.57. The average Bonchev–Trinajstić information content (AvgIpc) is 3.53. The largest absolute Gasteiger partial charge is 0.356 e. The molecule has 1 saturated heterocycles. The van der Waals surface area contributed by atoms with E-state index in [2.05, 4.69) is 20.0 Å². The molecule has 24 heavy (non-hydrogen) atoms. The zero-order valence-corrected chi connectivity index (χ0v) is 14.2. The van der Waals surface area contributed by atoms with Crippen LogP contribution in [-0.4, -0.2) is 33.2 Å². The molecule has 2 aliphatic carbocycles. The number of piperidine rings is 1. The van der Waals surface area contributed by atoms with Crippen LogP contribution in [-0.2, 0) is 0 Å². The molecule has 0 atom stereocenters. The predicted octanol–water partition coefficient (Wildman–Crippen LogP) is 3.65. The second-order valence-electron chi connectivity index (χ2n) is 7.21. The first kappa shape index (κ1) is 14.6. The summed E-state index contributed by atoms with van der Waals surface area (Å²) in [5.41, 5.74) is 0. The van der Waals surface area contributed by atoms with Crippen molar-refractivity contribution in [3.63, 3.8) is 0 Å². The molecule has 0 radical (unpaired) electrons. The van der Waals surface area contributed by atoms with E-state index in [1.807, 2.05) is 6.07 Å². The van der Waals surface area contributed by atoms with Crippen molar-refractivity contribution in [1.82, 2.24) is 20.1 Å². The molecule has 2 saturated carbocycles. The number of hydrogen-bond donors (Lipinski definition) is 0. The molecule has 1 aliphatic heterocycles. The summed E-state index contributed by atoms with van der Waals surface area (Å²) in [4.78, 5) is 16.0. The van der Waals surface area contributed by atoms with E-state index in [-0.39, 0.29) is 0 Å². The molecule has 7 heteroatoms. The first-order chi connectivity index (χ1) is 11.8. The van der Waals surface area contributed by atoms with Crippen LogP contribution < -0.4 is 4.90 Å². The molecule has 3 aliphatic rings. The Bertz CT molecular complexity index is 747. The van der Waals surface area contributed by atoms with Crippen LogP contribution in [0.15, 0.2) is 10.6 Å². The Morgan fingerprint density at radius 1 is 0.875 bits per heavy atom. The number of rotatable bonds is 4. The van der Waals surface area contributed by atoms with Gasteiger partial charge in [0, 0.05) is 36.9 Å². The van der Waals surface area contributed by atoms with Crippen molar-refractivity contribution in [3.8, 4) is 0 Å². The van der Waals surface area contributed by atoms with E-state index < -0.39 is 0 Å². The highest BCUT2D eigenvalue weighted by atomic mass is 35.5. The van der Waals surface area contributed by atoms with Gasteiger partial charge in [-0.3, -0.25) is 0 Å². The Labute approximate surface area is 145 Å². The molecule has 2 aromatic heterocycles. The maximum atomic E-state index is 6.19. The van der Waals surface area contributed by atoms with Crippen LogP contribution in [0.1, 0.15) is 73.8 Å². The smallest absolute Gasteiger partial charge is 0.229 e. The zero-order chi connectivity index (χ0) is 16.1. The van der Waals surface area contributed by atoms with E-state index in [4.69, 9.17) is 21.1 Å². The minimum atomic E-state index is 0.387. The molecule has 0 unspecified atom stereocenters. The van der Waals surface area contributed by atoms with Gasteiger partial charge in [-0.05, 0) is 38.5 Å². The van der Waals surface area contributed by atoms with E-state index >= 15 is 0 Å². The highest BCUT2D eigenvalue weighted by molar-refractivity contribution is 6.29. The maximum absolute atomic E-state index is 6.19. The highest BCUT2D eigenvalue weighted by Gasteiger charge is 2.32. The zero-order valence-electron chi connectivity index (χ0n) is 13.5. The van der Waals surface area contributed by atoms with Crippen molar-refractivity contribution >= 4 is 17.4 Å². The lowest BCUT2D eigenvalue weighted by atomic mass is 9.96. The van der Waals surface area contributed by atoms with E-state index in [0.717, 1.165) is 49.3 Å². The third-order valence-corrected chi connectivity index (χ3v) is 5.40. The first-order valence-electron chi connectivity index (χ1n) is 8.89. The molecule has 3 fully saturated rings. The first-order valence-corrected chi connectivity index (χ1v) is 9.27. The quantitative estimate of drug-likeness (QED) is 0.788. The van der Waals surface area contributed by atoms with Crippen LogP contribution in [0.25, 0.3) is 0 Å². The number of nitrogens with zero attached hydrogens (tertiary/aromatic N) is 5. The molecule has 0 bridgehead atoms. The lowest BCUT2D eigenvalue weighted by Crippen LogP contribution is -2.34. The Morgan fingerprint density at radius 2 is 1.58 bits per heavy atom. The van der Waals surface area contributed by atoms with Gasteiger partial charge in [0.1, 0.15) is 16.8 Å². The summed E-state index contributed by atoms with van der Waals surface area (Å²) in [5.74, 6) is 5.02. The van der Waals surface area contributed by atoms with E-state index in [1.165, 1.54) is 25.7 Å². The average molecular weight is 346 g/mol. The van der Waals surface area contributed by atoms with Crippen LogP contribution in [0.5, 0.6) is 0 Å². The van der Waals surface area contributed by atoms with Gasteiger partial charge in [0.05, 0.1) is 0 Å². The molecule has 0 aromatic carbocycles. The minimum absolute atomic E-state index is 0.387. The number of anilines is 1. The second kappa shape index (κ2) is 5.69. The Morgan fingerprint density at radius 3 is 2.29 bits per heavy atom. The van der Waals surface area contributed by atoms with Crippen molar-refractivity contribution in [2.45, 2.75) is 56.3 Å². The summed E-state index contributed by atoms with van der Waals surface area (Å²) < 4.78 is 5.41. The standard InChI is InChI=1S/C17H20ClN5O/c18-13-9-14(20-15(19-13)10-1-2-10)23-7-5-11(6-8-23)16-21-17(24-22-16)12-3-4-12/h9-12H,1-8H2. The molecule has 0 amide bonds. The fourth-order valence-electron chi connectivity index (χ4n) is 3.38. The number of hydrogen-bond acceptors (Lipinski definition) is 6. The van der Waals surface area contributed by atoms with Crippen LogP contribution in [0, 0.1) is 0 Å². The second-order valence-corrected chi connectivity index (χ2v) is 7.59. The Kier molecular flexibility index (Phi) is 3.47. The van der Waals surface area contributed by atoms with Crippen LogP contribution in [0.3, 0.4) is 0 Å². The van der Waals surface area contributed by atoms with Gasteiger partial charge < -0.3 is 9.42 Å². The Balaban J connectivity index is 1.27. The molecule has 0 N–H and O–H groups in total. The molecular formula is C17H20ClN5O. The molecule has 3 heterocycles. The van der Waals surface area contributed by atoms with Gasteiger partial charge >= 0.3 is 0 Å². The third-order valence-electron chi connectivity index (χ3n) is 5.21. The lowest BCUT2D eigenvalue weighted by molar-refractivity contribution is 0.364. The molecule has 6 nitrogen and oxygen atoms in total. The summed E-state index contributed by atoms with van der Waals surface area (Å²) in [5, 5.41) is 4.76. The van der Waals surface area contributed by atoms with Crippen LogP contribution >= 0.6 is 11.6 Å². The van der Waals surface area contributed by atoms with Crippen LogP contribution in [0.4, 0.5) is 5.82 Å². The summed E-state index contributed by atoms with van der Waals surface area (Å²) in [6.07, 6.45) is 6.79. The van der Waals surface area contributed by atoms with Crippen LogP contribution in [0.2, 0.25) is 5.15 Å².